The van der Waals surface area contributed by atoms with E-state index < -0.39 is 17.3 Å². The van der Waals surface area contributed by atoms with Crippen LogP contribution in [-0.4, -0.2) is 11.1 Å². The predicted molar refractivity (Wildman–Crippen MR) is 76.2 cm³/mol. The summed E-state index contributed by atoms with van der Waals surface area (Å²) in [6.45, 7) is 3.42. The molecule has 0 aromatic heterocycles. The molecule has 0 fully saturated rings. The Labute approximate surface area is 117 Å². The number of rotatable bonds is 4. The first-order valence-corrected chi connectivity index (χ1v) is 6.27. The summed E-state index contributed by atoms with van der Waals surface area (Å²) in [5.41, 5.74) is 0.621. The summed E-state index contributed by atoms with van der Waals surface area (Å²) in [4.78, 5) is 11.7. The maximum absolute atomic E-state index is 13.2. The van der Waals surface area contributed by atoms with Crippen LogP contribution in [0.2, 0.25) is 0 Å². The Morgan fingerprint density at radius 2 is 1.90 bits per heavy atom. The van der Waals surface area contributed by atoms with Gasteiger partial charge in [0, 0.05) is 5.69 Å². The lowest BCUT2D eigenvalue weighted by Gasteiger charge is -2.29. The highest BCUT2D eigenvalue weighted by Crippen LogP contribution is 2.29. The largest absolute Gasteiger partial charge is 0.479 e. The highest BCUT2D eigenvalue weighted by atomic mass is 19.1. The Morgan fingerprint density at radius 1 is 1.20 bits per heavy atom. The molecule has 0 aliphatic rings. The van der Waals surface area contributed by atoms with Gasteiger partial charge >= 0.3 is 5.97 Å². The molecule has 3 nitrogen and oxygen atoms in total. The Kier molecular flexibility index (Phi) is 3.74. The van der Waals surface area contributed by atoms with Crippen LogP contribution in [0.25, 0.3) is 0 Å². The second-order valence-corrected chi connectivity index (χ2v) is 4.88. The Balaban J connectivity index is 2.46. The summed E-state index contributed by atoms with van der Waals surface area (Å²) < 4.78 is 13.2. The zero-order chi connectivity index (χ0) is 14.8. The molecule has 20 heavy (non-hydrogen) atoms. The highest BCUT2D eigenvalue weighted by Gasteiger charge is 2.36. The van der Waals surface area contributed by atoms with Crippen molar-refractivity contribution in [3.05, 3.63) is 65.5 Å². The Morgan fingerprint density at radius 3 is 2.50 bits per heavy atom. The fourth-order valence-corrected chi connectivity index (χ4v) is 2.22. The van der Waals surface area contributed by atoms with E-state index in [2.05, 4.69) is 5.32 Å². The van der Waals surface area contributed by atoms with E-state index in [9.17, 15) is 14.3 Å². The van der Waals surface area contributed by atoms with Gasteiger partial charge in [-0.3, -0.25) is 0 Å². The Hall–Kier alpha value is -2.36. The summed E-state index contributed by atoms with van der Waals surface area (Å²) in [7, 11) is 0. The second kappa shape index (κ2) is 5.33. The van der Waals surface area contributed by atoms with Crippen LogP contribution >= 0.6 is 0 Å². The van der Waals surface area contributed by atoms with Crippen LogP contribution in [0.3, 0.4) is 0 Å². The predicted octanol–water partition coefficient (Wildman–Crippen LogP) is 3.55. The van der Waals surface area contributed by atoms with E-state index in [0.29, 0.717) is 11.3 Å². The van der Waals surface area contributed by atoms with Crippen molar-refractivity contribution in [1.82, 2.24) is 0 Å². The molecule has 0 aliphatic heterocycles. The Bertz CT molecular complexity index is 642. The van der Waals surface area contributed by atoms with E-state index in [1.54, 1.807) is 25.1 Å². The van der Waals surface area contributed by atoms with E-state index in [4.69, 9.17) is 0 Å². The van der Waals surface area contributed by atoms with Crippen molar-refractivity contribution >= 4 is 11.7 Å². The van der Waals surface area contributed by atoms with E-state index in [-0.39, 0.29) is 0 Å². The smallest absolute Gasteiger partial charge is 0.333 e. The number of anilines is 1. The number of carboxylic acid groups (broad SMARTS) is 1. The second-order valence-electron chi connectivity index (χ2n) is 4.88. The number of carbonyl (C=O) groups is 1. The fourth-order valence-electron chi connectivity index (χ4n) is 2.22. The van der Waals surface area contributed by atoms with Crippen LogP contribution in [0.4, 0.5) is 10.1 Å². The molecule has 0 saturated carbocycles. The topological polar surface area (TPSA) is 49.3 Å². The third kappa shape index (κ3) is 2.64. The molecule has 0 saturated heterocycles. The number of hydrogen-bond acceptors (Lipinski definition) is 2. The number of aliphatic carboxylic acids is 1. The number of hydrogen-bond donors (Lipinski definition) is 2. The molecule has 104 valence electrons. The van der Waals surface area contributed by atoms with Gasteiger partial charge in [0.05, 0.1) is 0 Å². The molecule has 1 atom stereocenters. The molecule has 1 unspecified atom stereocenters. The average Bonchev–Trinajstić information content (AvgIpc) is 2.38. The van der Waals surface area contributed by atoms with Crippen LogP contribution in [0, 0.1) is 12.7 Å². The van der Waals surface area contributed by atoms with Gasteiger partial charge in [-0.05, 0) is 43.2 Å². The summed E-state index contributed by atoms with van der Waals surface area (Å²) >= 11 is 0. The molecule has 4 heteroatoms. The first kappa shape index (κ1) is 14.1. The highest BCUT2D eigenvalue weighted by molar-refractivity contribution is 5.84. The van der Waals surface area contributed by atoms with Gasteiger partial charge in [0.1, 0.15) is 5.82 Å². The van der Waals surface area contributed by atoms with Crippen LogP contribution in [-0.2, 0) is 10.3 Å². The van der Waals surface area contributed by atoms with Gasteiger partial charge in [-0.15, -0.1) is 0 Å². The number of halogens is 1. The van der Waals surface area contributed by atoms with Crippen molar-refractivity contribution in [1.29, 1.82) is 0 Å². The molecule has 0 radical (unpaired) electrons. The van der Waals surface area contributed by atoms with E-state index in [1.165, 1.54) is 18.2 Å². The third-order valence-electron chi connectivity index (χ3n) is 3.33. The van der Waals surface area contributed by atoms with E-state index >= 15 is 0 Å². The van der Waals surface area contributed by atoms with Gasteiger partial charge in [-0.1, -0.05) is 30.3 Å². The van der Waals surface area contributed by atoms with E-state index in [1.807, 2.05) is 19.1 Å². The first-order chi connectivity index (χ1) is 9.43. The zero-order valence-corrected chi connectivity index (χ0v) is 11.4. The summed E-state index contributed by atoms with van der Waals surface area (Å²) in [5, 5.41) is 12.5. The summed E-state index contributed by atoms with van der Waals surface area (Å²) in [6.07, 6.45) is 0. The molecule has 0 spiro atoms. The normalized spacial score (nSPS) is 13.6. The van der Waals surface area contributed by atoms with Gasteiger partial charge in [-0.2, -0.15) is 0 Å². The quantitative estimate of drug-likeness (QED) is 0.895. The minimum atomic E-state index is -1.32. The van der Waals surface area contributed by atoms with Crippen molar-refractivity contribution in [2.24, 2.45) is 0 Å². The number of carboxylic acids is 1. The standard InChI is InChI=1S/C16H16FNO2/c1-11-6-3-4-9-14(11)16(2,15(19)20)18-13-8-5-7-12(17)10-13/h3-10,18H,1-2H3,(H,19,20). The molecule has 0 heterocycles. The first-order valence-electron chi connectivity index (χ1n) is 6.27. The van der Waals surface area contributed by atoms with Crippen LogP contribution in [0.5, 0.6) is 0 Å². The number of aryl methyl sites for hydroxylation is 1. The van der Waals surface area contributed by atoms with Gasteiger partial charge in [0.25, 0.3) is 0 Å². The molecule has 0 bridgehead atoms. The minimum absolute atomic E-state index is 0.410. The van der Waals surface area contributed by atoms with Crippen LogP contribution < -0.4 is 5.32 Å². The maximum atomic E-state index is 13.2. The molecule has 2 rings (SSSR count). The van der Waals surface area contributed by atoms with Crippen molar-refractivity contribution in [2.75, 3.05) is 5.32 Å². The monoisotopic (exact) mass is 273 g/mol. The number of nitrogens with one attached hydrogen (secondary N) is 1. The van der Waals surface area contributed by atoms with Gasteiger partial charge in [0.2, 0.25) is 0 Å². The zero-order valence-electron chi connectivity index (χ0n) is 11.4. The third-order valence-corrected chi connectivity index (χ3v) is 3.33. The maximum Gasteiger partial charge on any atom is 0.333 e. The van der Waals surface area contributed by atoms with Gasteiger partial charge < -0.3 is 10.4 Å². The minimum Gasteiger partial charge on any atom is -0.479 e. The molecule has 2 aromatic carbocycles. The number of benzene rings is 2. The molecule has 0 amide bonds. The summed E-state index contributed by atoms with van der Waals surface area (Å²) in [6, 6.07) is 13.0. The molecular weight excluding hydrogens is 257 g/mol. The molecule has 2 aromatic rings. The van der Waals surface area contributed by atoms with E-state index in [0.717, 1.165) is 5.56 Å². The van der Waals surface area contributed by atoms with Crippen molar-refractivity contribution in [2.45, 2.75) is 19.4 Å². The van der Waals surface area contributed by atoms with Crippen LogP contribution in [0.15, 0.2) is 48.5 Å². The summed E-state index contributed by atoms with van der Waals surface area (Å²) in [5.74, 6) is -1.43. The van der Waals surface area contributed by atoms with Crippen molar-refractivity contribution in [3.8, 4) is 0 Å². The SMILES string of the molecule is Cc1ccccc1C(C)(Nc1cccc(F)c1)C(=O)O. The lowest BCUT2D eigenvalue weighted by atomic mass is 9.88. The molecule has 0 aliphatic carbocycles. The fraction of sp³-hybridized carbons (Fsp3) is 0.188. The van der Waals surface area contributed by atoms with Crippen LogP contribution in [0.1, 0.15) is 18.1 Å². The van der Waals surface area contributed by atoms with Gasteiger partial charge in [-0.25, -0.2) is 9.18 Å². The molecule has 2 N–H and O–H groups in total. The van der Waals surface area contributed by atoms with Gasteiger partial charge in [0.15, 0.2) is 5.54 Å². The average molecular weight is 273 g/mol. The lowest BCUT2D eigenvalue weighted by molar-refractivity contribution is -0.142. The van der Waals surface area contributed by atoms with Crippen molar-refractivity contribution in [3.63, 3.8) is 0 Å². The lowest BCUT2D eigenvalue weighted by Crippen LogP contribution is -2.41. The molecular formula is C16H16FNO2. The van der Waals surface area contributed by atoms with Crippen molar-refractivity contribution < 1.29 is 14.3 Å².